The van der Waals surface area contributed by atoms with Crippen LogP contribution in [0, 0.1) is 11.3 Å². The molecule has 0 spiro atoms. The average molecular weight is 778 g/mol. The lowest BCUT2D eigenvalue weighted by atomic mass is 9.89. The Bertz CT molecular complexity index is 2450. The van der Waals surface area contributed by atoms with Gasteiger partial charge in [0.2, 0.25) is 33.7 Å². The molecule has 0 radical (unpaired) electrons. The molecule has 2 aliphatic heterocycles. The molecule has 1 unspecified atom stereocenters. The third-order valence-corrected chi connectivity index (χ3v) is 11.8. The van der Waals surface area contributed by atoms with Crippen molar-refractivity contribution in [2.24, 2.45) is 0 Å². The second-order valence-electron chi connectivity index (χ2n) is 13.8. The number of rotatable bonds is 14. The fourth-order valence-electron chi connectivity index (χ4n) is 6.79. The summed E-state index contributed by atoms with van der Waals surface area (Å²) in [7, 11) is -3.39. The van der Waals surface area contributed by atoms with Crippen molar-refractivity contribution in [2.45, 2.75) is 50.6 Å². The maximum atomic E-state index is 12.8. The third-order valence-electron chi connectivity index (χ3n) is 10.0. The summed E-state index contributed by atoms with van der Waals surface area (Å²) in [5.41, 5.74) is 3.73. The molecular formula is C38H39N11O6S. The zero-order valence-corrected chi connectivity index (χ0v) is 31.2. The van der Waals surface area contributed by atoms with Crippen molar-refractivity contribution in [1.29, 1.82) is 5.26 Å². The van der Waals surface area contributed by atoms with Gasteiger partial charge in [0.15, 0.2) is 0 Å². The number of piperidine rings is 1. The van der Waals surface area contributed by atoms with E-state index >= 15 is 0 Å². The zero-order valence-electron chi connectivity index (χ0n) is 30.4. The number of nitrogens with zero attached hydrogens (tertiary/aromatic N) is 6. The van der Waals surface area contributed by atoms with Gasteiger partial charge in [-0.2, -0.15) is 19.6 Å². The number of fused-ring (bicyclic) bond motifs is 1. The van der Waals surface area contributed by atoms with Gasteiger partial charge in [0.1, 0.15) is 11.2 Å². The molecule has 288 valence electrons. The lowest BCUT2D eigenvalue weighted by Gasteiger charge is -2.47. The summed E-state index contributed by atoms with van der Waals surface area (Å²) in [6, 6.07) is 18.1. The van der Waals surface area contributed by atoms with Crippen molar-refractivity contribution in [3.63, 3.8) is 0 Å². The van der Waals surface area contributed by atoms with E-state index in [0.29, 0.717) is 41.0 Å². The number of benzene rings is 2. The summed E-state index contributed by atoms with van der Waals surface area (Å²) >= 11 is 0. The van der Waals surface area contributed by atoms with Crippen LogP contribution in [0.4, 0.5) is 11.6 Å². The molecule has 2 aromatic carbocycles. The second kappa shape index (κ2) is 15.7. The monoisotopic (exact) mass is 777 g/mol. The summed E-state index contributed by atoms with van der Waals surface area (Å²) < 4.78 is 27.8. The van der Waals surface area contributed by atoms with Gasteiger partial charge in [0, 0.05) is 73.6 Å². The van der Waals surface area contributed by atoms with Gasteiger partial charge < -0.3 is 20.9 Å². The van der Waals surface area contributed by atoms with Gasteiger partial charge in [0.05, 0.1) is 36.1 Å². The number of H-pyrrole nitrogens is 1. The summed E-state index contributed by atoms with van der Waals surface area (Å²) in [5, 5.41) is 26.0. The first-order chi connectivity index (χ1) is 27.0. The van der Waals surface area contributed by atoms with Gasteiger partial charge in [-0.1, -0.05) is 24.3 Å². The highest BCUT2D eigenvalue weighted by molar-refractivity contribution is 7.89. The first-order valence-corrected chi connectivity index (χ1v) is 19.7. The Kier molecular flexibility index (Phi) is 10.6. The van der Waals surface area contributed by atoms with Crippen LogP contribution in [-0.2, 0) is 36.5 Å². The zero-order chi connectivity index (χ0) is 39.5. The van der Waals surface area contributed by atoms with Gasteiger partial charge in [0.25, 0.3) is 5.91 Å². The highest BCUT2D eigenvalue weighted by Gasteiger charge is 2.49. The quantitative estimate of drug-likeness (QED) is 0.103. The van der Waals surface area contributed by atoms with E-state index < -0.39 is 15.6 Å². The van der Waals surface area contributed by atoms with E-state index in [1.807, 2.05) is 30.3 Å². The molecule has 3 aromatic heterocycles. The Morgan fingerprint density at radius 3 is 2.52 bits per heavy atom. The van der Waals surface area contributed by atoms with Crippen LogP contribution in [0.2, 0.25) is 0 Å². The fourth-order valence-corrected chi connectivity index (χ4v) is 8.03. The van der Waals surface area contributed by atoms with Crippen molar-refractivity contribution >= 4 is 56.3 Å². The Morgan fingerprint density at radius 1 is 1.04 bits per heavy atom. The van der Waals surface area contributed by atoms with Crippen molar-refractivity contribution in [2.75, 3.05) is 30.7 Å². The van der Waals surface area contributed by atoms with E-state index in [4.69, 9.17) is 4.98 Å². The molecule has 5 N–H and O–H groups in total. The normalized spacial score (nSPS) is 16.8. The van der Waals surface area contributed by atoms with Crippen LogP contribution in [0.5, 0.6) is 0 Å². The Labute approximate surface area is 321 Å². The topological polar surface area (TPSA) is 237 Å². The molecule has 2 saturated heterocycles. The number of carbonyl (C=O) groups excluding carboxylic acids is 4. The van der Waals surface area contributed by atoms with E-state index in [0.717, 1.165) is 16.5 Å². The molecule has 18 heteroatoms. The van der Waals surface area contributed by atoms with Gasteiger partial charge in [-0.25, -0.2) is 13.4 Å². The summed E-state index contributed by atoms with van der Waals surface area (Å²) in [6.07, 6.45) is 6.10. The number of amides is 4. The van der Waals surface area contributed by atoms with Crippen molar-refractivity contribution in [3.8, 4) is 17.3 Å². The summed E-state index contributed by atoms with van der Waals surface area (Å²) in [6.45, 7) is 2.33. The molecule has 56 heavy (non-hydrogen) atoms. The number of hydrogen-bond acceptors (Lipinski definition) is 11. The van der Waals surface area contributed by atoms with Crippen molar-refractivity contribution in [1.82, 2.24) is 45.0 Å². The Balaban J connectivity index is 0.920. The number of anilines is 2. The number of nitrogens with one attached hydrogen (secondary N) is 5. The SMILES string of the molecule is CCS(=O)(=O)N1CC(CC#N)(n2cc(-c3nc(Nc4ccc(C(=O)NCCC(=O)NCc5ccc(C6CCC(=O)NC6=O)cc5)cc4)nc4[nH]ccc34)cn2)C1. The predicted octanol–water partition coefficient (Wildman–Crippen LogP) is 2.80. The van der Waals surface area contributed by atoms with Gasteiger partial charge in [-0.05, 0) is 54.8 Å². The van der Waals surface area contributed by atoms with Crippen LogP contribution in [0.25, 0.3) is 22.3 Å². The van der Waals surface area contributed by atoms with Crippen LogP contribution < -0.4 is 21.3 Å². The van der Waals surface area contributed by atoms with Gasteiger partial charge in [-0.15, -0.1) is 0 Å². The third kappa shape index (κ3) is 7.99. The van der Waals surface area contributed by atoms with E-state index in [-0.39, 0.29) is 80.3 Å². The highest BCUT2D eigenvalue weighted by Crippen LogP contribution is 2.36. The molecule has 1 atom stereocenters. The minimum Gasteiger partial charge on any atom is -0.352 e. The second-order valence-corrected chi connectivity index (χ2v) is 16.0. The molecular weight excluding hydrogens is 739 g/mol. The lowest BCUT2D eigenvalue weighted by Crippen LogP contribution is -2.64. The molecule has 2 fully saturated rings. The number of nitriles is 1. The minimum atomic E-state index is -3.39. The number of aromatic amines is 1. The molecule has 7 rings (SSSR count). The number of carbonyl (C=O) groups is 4. The van der Waals surface area contributed by atoms with Crippen molar-refractivity contribution in [3.05, 3.63) is 89.9 Å². The standard InChI is InChI=1S/C38H39N11O6S/c1-2-56(54,55)48-22-38(23-48,15-16-39)49-21-27(20-43-49)33-30-13-17-40-34(30)47-37(46-33)44-28-9-7-26(8-10-28)35(52)41-18-14-31(50)42-19-24-3-5-25(6-4-24)29-11-12-32(51)45-36(29)53/h3-10,13,17,20-21,29H,2,11-12,14-15,18-19,22-23H2,1H3,(H,41,52)(H,42,50)(H,45,51,53)(H2,40,44,46,47). The summed E-state index contributed by atoms with van der Waals surface area (Å²) in [5.74, 6) is -1.23. The molecule has 0 aliphatic carbocycles. The molecule has 5 heterocycles. The van der Waals surface area contributed by atoms with Gasteiger partial charge in [-0.3, -0.25) is 29.2 Å². The number of sulfonamides is 1. The van der Waals surface area contributed by atoms with E-state index in [1.54, 1.807) is 54.5 Å². The summed E-state index contributed by atoms with van der Waals surface area (Å²) in [4.78, 5) is 61.3. The first kappa shape index (κ1) is 37.8. The van der Waals surface area contributed by atoms with E-state index in [9.17, 15) is 32.9 Å². The smallest absolute Gasteiger partial charge is 0.251 e. The van der Waals surface area contributed by atoms with E-state index in [2.05, 4.69) is 42.4 Å². The maximum absolute atomic E-state index is 12.8. The van der Waals surface area contributed by atoms with Crippen LogP contribution >= 0.6 is 0 Å². The van der Waals surface area contributed by atoms with Crippen molar-refractivity contribution < 1.29 is 27.6 Å². The number of hydrogen-bond donors (Lipinski definition) is 5. The Hall–Kier alpha value is -6.45. The Morgan fingerprint density at radius 2 is 1.80 bits per heavy atom. The molecule has 0 bridgehead atoms. The lowest BCUT2D eigenvalue weighted by molar-refractivity contribution is -0.134. The molecule has 0 saturated carbocycles. The van der Waals surface area contributed by atoms with Crippen LogP contribution in [-0.4, -0.2) is 86.5 Å². The van der Waals surface area contributed by atoms with Crippen LogP contribution in [0.1, 0.15) is 60.0 Å². The predicted molar refractivity (Wildman–Crippen MR) is 204 cm³/mol. The molecule has 4 amide bonds. The van der Waals surface area contributed by atoms with E-state index in [1.165, 1.54) is 4.31 Å². The maximum Gasteiger partial charge on any atom is 0.251 e. The van der Waals surface area contributed by atoms with Crippen LogP contribution in [0.15, 0.2) is 73.2 Å². The molecule has 5 aromatic rings. The van der Waals surface area contributed by atoms with Gasteiger partial charge >= 0.3 is 0 Å². The first-order valence-electron chi connectivity index (χ1n) is 18.1. The molecule has 17 nitrogen and oxygen atoms in total. The van der Waals surface area contributed by atoms with Crippen LogP contribution in [0.3, 0.4) is 0 Å². The number of aromatic nitrogens is 5. The molecule has 2 aliphatic rings. The minimum absolute atomic E-state index is 0.0182. The number of imide groups is 1. The highest BCUT2D eigenvalue weighted by atomic mass is 32.2. The largest absolute Gasteiger partial charge is 0.352 e. The fraction of sp³-hybridized carbons (Fsp3) is 0.316. The average Bonchev–Trinajstić information content (AvgIpc) is 3.86.